The highest BCUT2D eigenvalue weighted by atomic mass is 16.5. The molecular formula is C20H24N2O3. The Morgan fingerprint density at radius 2 is 2.08 bits per heavy atom. The van der Waals surface area contributed by atoms with Crippen LogP contribution < -0.4 is 0 Å². The van der Waals surface area contributed by atoms with E-state index in [1.165, 1.54) is 5.56 Å². The molecule has 0 spiro atoms. The summed E-state index contributed by atoms with van der Waals surface area (Å²) in [4.78, 5) is 15.0. The third-order valence-electron chi connectivity index (χ3n) is 5.23. The molecule has 0 N–H and O–H groups in total. The van der Waals surface area contributed by atoms with E-state index in [0.717, 1.165) is 17.7 Å². The molecule has 1 fully saturated rings. The minimum absolute atomic E-state index is 0.0277. The van der Waals surface area contributed by atoms with Gasteiger partial charge in [0.2, 0.25) is 5.91 Å². The zero-order valence-electron chi connectivity index (χ0n) is 14.6. The van der Waals surface area contributed by atoms with E-state index in [9.17, 15) is 4.79 Å². The van der Waals surface area contributed by atoms with Crippen molar-refractivity contribution in [1.29, 1.82) is 0 Å². The zero-order valence-corrected chi connectivity index (χ0v) is 14.6. The van der Waals surface area contributed by atoms with Crippen LogP contribution in [-0.4, -0.2) is 41.7 Å². The minimum atomic E-state index is -0.144. The molecule has 132 valence electrons. The number of benzene rings is 1. The van der Waals surface area contributed by atoms with E-state index in [4.69, 9.17) is 9.47 Å². The molecule has 0 bridgehead atoms. The van der Waals surface area contributed by atoms with Crippen molar-refractivity contribution in [3.05, 3.63) is 59.4 Å². The monoisotopic (exact) mass is 340 g/mol. The van der Waals surface area contributed by atoms with Crippen molar-refractivity contribution in [1.82, 2.24) is 9.47 Å². The average molecular weight is 340 g/mol. The normalized spacial score (nSPS) is 23.3. The van der Waals surface area contributed by atoms with Gasteiger partial charge in [0.15, 0.2) is 0 Å². The van der Waals surface area contributed by atoms with Crippen LogP contribution in [0.3, 0.4) is 0 Å². The fraction of sp³-hybridized carbons (Fsp3) is 0.450. The maximum Gasteiger partial charge on any atom is 0.226 e. The summed E-state index contributed by atoms with van der Waals surface area (Å²) < 4.78 is 13.6. The molecule has 25 heavy (non-hydrogen) atoms. The Hall–Kier alpha value is -2.11. The highest BCUT2D eigenvalue weighted by Gasteiger charge is 2.32. The lowest BCUT2D eigenvalue weighted by Crippen LogP contribution is -2.44. The van der Waals surface area contributed by atoms with Crippen LogP contribution in [0.15, 0.2) is 42.6 Å². The summed E-state index contributed by atoms with van der Waals surface area (Å²) in [6, 6.07) is 12.3. The zero-order chi connectivity index (χ0) is 17.2. The molecule has 2 aliphatic rings. The third kappa shape index (κ3) is 3.22. The summed E-state index contributed by atoms with van der Waals surface area (Å²) in [5.74, 6) is 0.135. The summed E-state index contributed by atoms with van der Waals surface area (Å²) >= 11 is 0. The largest absolute Gasteiger partial charge is 0.377 e. The second-order valence-corrected chi connectivity index (χ2v) is 6.73. The van der Waals surface area contributed by atoms with Gasteiger partial charge in [-0.25, -0.2) is 0 Å². The Labute approximate surface area is 148 Å². The van der Waals surface area contributed by atoms with Gasteiger partial charge in [0.25, 0.3) is 0 Å². The van der Waals surface area contributed by atoms with Crippen molar-refractivity contribution in [2.45, 2.75) is 25.0 Å². The average Bonchev–Trinajstić information content (AvgIpc) is 3.08. The molecule has 2 aliphatic heterocycles. The van der Waals surface area contributed by atoms with Gasteiger partial charge in [-0.3, -0.25) is 4.79 Å². The fourth-order valence-corrected chi connectivity index (χ4v) is 3.89. The van der Waals surface area contributed by atoms with E-state index >= 15 is 0 Å². The first-order chi connectivity index (χ1) is 12.2. The molecule has 2 atom stereocenters. The summed E-state index contributed by atoms with van der Waals surface area (Å²) in [5.41, 5.74) is 3.57. The van der Waals surface area contributed by atoms with E-state index in [-0.39, 0.29) is 18.1 Å². The minimum Gasteiger partial charge on any atom is -0.377 e. The van der Waals surface area contributed by atoms with Crippen LogP contribution in [-0.2, 0) is 27.7 Å². The Balaban J connectivity index is 1.53. The van der Waals surface area contributed by atoms with Crippen molar-refractivity contribution >= 4 is 5.91 Å². The fourth-order valence-electron chi connectivity index (χ4n) is 3.89. The number of fused-ring (bicyclic) bond motifs is 1. The molecule has 1 amide bonds. The SMILES string of the molecule is Cn1cccc1[C@@H]1COCCN1C(=O)C[C@@H]1OCCc2ccccc21. The second kappa shape index (κ2) is 7.02. The molecule has 5 heteroatoms. The van der Waals surface area contributed by atoms with Crippen LogP contribution in [0.5, 0.6) is 0 Å². The maximum atomic E-state index is 13.1. The molecule has 3 heterocycles. The van der Waals surface area contributed by atoms with Gasteiger partial charge in [-0.15, -0.1) is 0 Å². The van der Waals surface area contributed by atoms with Gasteiger partial charge in [0, 0.05) is 25.5 Å². The first-order valence-electron chi connectivity index (χ1n) is 8.92. The molecule has 5 nitrogen and oxygen atoms in total. The van der Waals surface area contributed by atoms with Crippen LogP contribution in [0.1, 0.15) is 35.4 Å². The number of hydrogen-bond donors (Lipinski definition) is 0. The molecule has 0 radical (unpaired) electrons. The van der Waals surface area contributed by atoms with Crippen LogP contribution >= 0.6 is 0 Å². The lowest BCUT2D eigenvalue weighted by Gasteiger charge is -2.37. The van der Waals surface area contributed by atoms with Crippen LogP contribution in [0.2, 0.25) is 0 Å². The summed E-state index contributed by atoms with van der Waals surface area (Å²) in [7, 11) is 2.01. The molecule has 0 unspecified atom stereocenters. The standard InChI is InChI=1S/C20H24N2O3/c1-21-9-4-7-17(21)18-14-24-12-10-22(18)20(23)13-19-16-6-3-2-5-15(16)8-11-25-19/h2-7,9,18-19H,8,10-14H2,1H3/t18-,19-/m0/s1. The van der Waals surface area contributed by atoms with Crippen LogP contribution in [0, 0.1) is 0 Å². The summed E-state index contributed by atoms with van der Waals surface area (Å²) in [6.07, 6.45) is 3.17. The predicted octanol–water partition coefficient (Wildman–Crippen LogP) is 2.63. The lowest BCUT2D eigenvalue weighted by atomic mass is 9.95. The predicted molar refractivity (Wildman–Crippen MR) is 94.1 cm³/mol. The second-order valence-electron chi connectivity index (χ2n) is 6.73. The van der Waals surface area contributed by atoms with E-state index in [1.807, 2.05) is 30.3 Å². The molecule has 0 saturated carbocycles. The van der Waals surface area contributed by atoms with Gasteiger partial charge >= 0.3 is 0 Å². The molecule has 1 aromatic heterocycles. The van der Waals surface area contributed by atoms with E-state index < -0.39 is 0 Å². The topological polar surface area (TPSA) is 43.7 Å². The van der Waals surface area contributed by atoms with Crippen molar-refractivity contribution < 1.29 is 14.3 Å². The third-order valence-corrected chi connectivity index (χ3v) is 5.23. The van der Waals surface area contributed by atoms with Gasteiger partial charge in [-0.05, 0) is 29.7 Å². The van der Waals surface area contributed by atoms with E-state index in [1.54, 1.807) is 0 Å². The number of aryl methyl sites for hydroxylation is 1. The van der Waals surface area contributed by atoms with Gasteiger partial charge in [0.05, 0.1) is 38.4 Å². The molecule has 1 aromatic carbocycles. The first kappa shape index (κ1) is 16.4. The molecule has 1 saturated heterocycles. The summed E-state index contributed by atoms with van der Waals surface area (Å²) in [6.45, 7) is 2.45. The number of carbonyl (C=O) groups excluding carboxylic acids is 1. The number of amides is 1. The first-order valence-corrected chi connectivity index (χ1v) is 8.92. The van der Waals surface area contributed by atoms with E-state index in [0.29, 0.717) is 32.8 Å². The molecule has 0 aliphatic carbocycles. The van der Waals surface area contributed by atoms with Crippen molar-refractivity contribution in [2.75, 3.05) is 26.4 Å². The van der Waals surface area contributed by atoms with Crippen LogP contribution in [0.4, 0.5) is 0 Å². The molecular weight excluding hydrogens is 316 g/mol. The quantitative estimate of drug-likeness (QED) is 0.863. The van der Waals surface area contributed by atoms with Gasteiger partial charge < -0.3 is 18.9 Å². The van der Waals surface area contributed by atoms with Crippen molar-refractivity contribution in [2.24, 2.45) is 7.05 Å². The highest BCUT2D eigenvalue weighted by Crippen LogP contribution is 2.32. The summed E-state index contributed by atoms with van der Waals surface area (Å²) in [5, 5.41) is 0. The van der Waals surface area contributed by atoms with Crippen molar-refractivity contribution in [3.8, 4) is 0 Å². The highest BCUT2D eigenvalue weighted by molar-refractivity contribution is 5.77. The molecule has 4 rings (SSSR count). The smallest absolute Gasteiger partial charge is 0.226 e. The number of nitrogens with zero attached hydrogens (tertiary/aromatic N) is 2. The Kier molecular flexibility index (Phi) is 4.59. The van der Waals surface area contributed by atoms with E-state index in [2.05, 4.69) is 28.8 Å². The maximum absolute atomic E-state index is 13.1. The van der Waals surface area contributed by atoms with Gasteiger partial charge in [-0.2, -0.15) is 0 Å². The molecule has 2 aromatic rings. The number of ether oxygens (including phenoxy) is 2. The number of carbonyl (C=O) groups is 1. The van der Waals surface area contributed by atoms with Crippen molar-refractivity contribution in [3.63, 3.8) is 0 Å². The number of aromatic nitrogens is 1. The Bertz CT molecular complexity index is 755. The Morgan fingerprint density at radius 3 is 2.92 bits per heavy atom. The Morgan fingerprint density at radius 1 is 1.20 bits per heavy atom. The van der Waals surface area contributed by atoms with Crippen LogP contribution in [0.25, 0.3) is 0 Å². The van der Waals surface area contributed by atoms with Gasteiger partial charge in [0.1, 0.15) is 0 Å². The van der Waals surface area contributed by atoms with Gasteiger partial charge in [-0.1, -0.05) is 24.3 Å². The number of rotatable bonds is 3. The lowest BCUT2D eigenvalue weighted by molar-refractivity contribution is -0.143. The number of hydrogen-bond acceptors (Lipinski definition) is 3. The number of morpholine rings is 1.